The summed E-state index contributed by atoms with van der Waals surface area (Å²) in [6.45, 7) is 0. The number of para-hydroxylation sites is 1. The second-order valence-electron chi connectivity index (χ2n) is 4.38. The van der Waals surface area contributed by atoms with Gasteiger partial charge in [-0.1, -0.05) is 66.5 Å². The van der Waals surface area contributed by atoms with E-state index in [0.717, 1.165) is 0 Å². The van der Waals surface area contributed by atoms with Crippen LogP contribution in [0.1, 0.15) is 21.9 Å². The average molecular weight is 311 g/mol. The van der Waals surface area contributed by atoms with Gasteiger partial charge in [-0.25, -0.2) is 0 Å². The Hall–Kier alpha value is -3.06. The van der Waals surface area contributed by atoms with Crippen LogP contribution in [0.2, 0.25) is 0 Å². The van der Waals surface area contributed by atoms with Crippen molar-refractivity contribution in [2.75, 3.05) is 5.32 Å². The Morgan fingerprint density at radius 3 is 2.09 bits per heavy atom. The number of nitrogens with one attached hydrogen (secondary N) is 1. The molecule has 4 rings (SSSR count). The van der Waals surface area contributed by atoms with E-state index in [1.54, 1.807) is 0 Å². The van der Waals surface area contributed by atoms with Crippen LogP contribution < -0.4 is 5.32 Å². The van der Waals surface area contributed by atoms with Crippen molar-refractivity contribution in [3.63, 3.8) is 0 Å². The number of hydrogen-bond donors (Lipinski definition) is 1. The molecule has 0 aliphatic heterocycles. The monoisotopic (exact) mass is 311 g/mol. The Labute approximate surface area is 158 Å². The maximum Gasteiger partial charge on any atom is 0.0651 e. The highest BCUT2D eigenvalue weighted by Crippen LogP contribution is 2.27. The second kappa shape index (κ2) is 5.98. The average Bonchev–Trinajstić information content (AvgIpc) is 2.90. The van der Waals surface area contributed by atoms with Crippen molar-refractivity contribution in [2.24, 2.45) is 0 Å². The molecule has 0 saturated heterocycles. The molecule has 0 radical (unpaired) electrons. The van der Waals surface area contributed by atoms with Gasteiger partial charge in [0.15, 0.2) is 0 Å². The lowest BCUT2D eigenvalue weighted by Crippen LogP contribution is -1.90. The SMILES string of the molecule is [2H]c1c([2H])c([2H])c(Nc2c([2H])c([2H])c([2H])c(-c3c([2H])c([2H])c4c([2H])c([2H])c([2H])c([2H])c4c3[2H])c2[2H])c([2H])c1[2H]. The van der Waals surface area contributed by atoms with Gasteiger partial charge >= 0.3 is 0 Å². The summed E-state index contributed by atoms with van der Waals surface area (Å²) in [6.07, 6.45) is 0. The molecule has 0 saturated carbocycles. The van der Waals surface area contributed by atoms with E-state index in [4.69, 9.17) is 21.9 Å². The van der Waals surface area contributed by atoms with E-state index in [1.165, 1.54) is 0 Å². The molecule has 1 N–H and O–H groups in total. The van der Waals surface area contributed by atoms with Gasteiger partial charge in [0, 0.05) is 11.4 Å². The summed E-state index contributed by atoms with van der Waals surface area (Å²) in [5, 5.41) is 1.59. The molecule has 0 aromatic heterocycles. The topological polar surface area (TPSA) is 12.0 Å². The third kappa shape index (κ3) is 2.95. The lowest BCUT2D eigenvalue weighted by atomic mass is 10.0. The van der Waals surface area contributed by atoms with Gasteiger partial charge in [-0.2, -0.15) is 0 Å². The van der Waals surface area contributed by atoms with Crippen LogP contribution in [0.3, 0.4) is 0 Å². The van der Waals surface area contributed by atoms with Crippen molar-refractivity contribution in [1.82, 2.24) is 0 Å². The van der Waals surface area contributed by atoms with Gasteiger partial charge in [0.05, 0.1) is 21.9 Å². The van der Waals surface area contributed by atoms with Gasteiger partial charge in [0.2, 0.25) is 0 Å². The van der Waals surface area contributed by atoms with Gasteiger partial charge in [0.1, 0.15) is 0 Å². The van der Waals surface area contributed by atoms with Crippen molar-refractivity contribution in [1.29, 1.82) is 0 Å². The fourth-order valence-corrected chi connectivity index (χ4v) is 1.88. The Morgan fingerprint density at radius 2 is 1.22 bits per heavy atom. The highest BCUT2D eigenvalue weighted by atomic mass is 14.9. The van der Waals surface area contributed by atoms with E-state index in [1.807, 2.05) is 0 Å². The van der Waals surface area contributed by atoms with E-state index in [0.29, 0.717) is 0 Å². The van der Waals surface area contributed by atoms with Gasteiger partial charge in [-0.05, 0) is 52.1 Å². The summed E-state index contributed by atoms with van der Waals surface area (Å²) < 4.78 is 131. The maximum atomic E-state index is 8.73. The Kier molecular flexibility index (Phi) is 1.23. The van der Waals surface area contributed by atoms with E-state index >= 15 is 0 Å². The molecule has 0 spiro atoms. The zero-order chi connectivity index (χ0) is 29.4. The fraction of sp³-hybridized carbons (Fsp3) is 0. The van der Waals surface area contributed by atoms with Gasteiger partial charge in [-0.3, -0.25) is 0 Å². The van der Waals surface area contributed by atoms with Crippen molar-refractivity contribution in [2.45, 2.75) is 0 Å². The van der Waals surface area contributed by atoms with Crippen LogP contribution in [0.4, 0.5) is 11.4 Å². The van der Waals surface area contributed by atoms with E-state index < -0.39 is 130 Å². The molecule has 4 aromatic rings. The molecular weight excluding hydrogens is 278 g/mol. The Bertz CT molecular complexity index is 1720. The van der Waals surface area contributed by atoms with Crippen molar-refractivity contribution >= 4 is 22.1 Å². The molecule has 0 fully saturated rings. The minimum atomic E-state index is -0.795. The second-order valence-corrected chi connectivity index (χ2v) is 4.38. The lowest BCUT2D eigenvalue weighted by molar-refractivity contribution is 1.54. The summed E-state index contributed by atoms with van der Waals surface area (Å²) in [6, 6.07) is -11.4. The van der Waals surface area contributed by atoms with E-state index in [9.17, 15) is 0 Å². The molecule has 0 atom stereocenters. The van der Waals surface area contributed by atoms with Crippen LogP contribution in [0, 0.1) is 0 Å². The van der Waals surface area contributed by atoms with Crippen molar-refractivity contribution in [3.05, 3.63) is 96.7 Å². The van der Waals surface area contributed by atoms with E-state index in [-0.39, 0.29) is 0 Å². The maximum absolute atomic E-state index is 8.73. The minimum absolute atomic E-state index is 0.404. The molecule has 4 aromatic carbocycles. The number of hydrogen-bond acceptors (Lipinski definition) is 1. The fourth-order valence-electron chi connectivity index (χ4n) is 1.88. The smallest absolute Gasteiger partial charge is 0.0651 e. The first-order valence-corrected chi connectivity index (χ1v) is 6.50. The highest BCUT2D eigenvalue weighted by Gasteiger charge is 2.01. The zero-order valence-electron chi connectivity index (χ0n) is 27.5. The van der Waals surface area contributed by atoms with Crippen LogP contribution in [-0.2, 0) is 0 Å². The van der Waals surface area contributed by atoms with Crippen LogP contribution in [0.5, 0.6) is 0 Å². The summed E-state index contributed by atoms with van der Waals surface area (Å²) in [5.74, 6) is 0. The first-order valence-electron chi connectivity index (χ1n) is 14.5. The van der Waals surface area contributed by atoms with Crippen LogP contribution in [-0.4, -0.2) is 0 Å². The third-order valence-corrected chi connectivity index (χ3v) is 2.88. The highest BCUT2D eigenvalue weighted by molar-refractivity contribution is 5.87. The lowest BCUT2D eigenvalue weighted by Gasteiger charge is -2.09. The van der Waals surface area contributed by atoms with Crippen molar-refractivity contribution in [3.8, 4) is 11.1 Å². The van der Waals surface area contributed by atoms with Gasteiger partial charge < -0.3 is 5.32 Å². The number of fused-ring (bicyclic) bond motifs is 1. The number of rotatable bonds is 3. The first-order chi connectivity index (χ1) is 18.1. The van der Waals surface area contributed by atoms with E-state index in [2.05, 4.69) is 5.32 Å². The standard InChI is InChI=1S/C22H17N/c1-2-10-21(11-3-1)23-22-12-6-9-19(16-22)20-14-13-17-7-4-5-8-18(17)15-20/h1-16,23H/i1D,2D,3D,4D,5D,6D,7D,8D,9D,10D,11D,12D,13D,14D,15D,16D. The molecule has 0 unspecified atom stereocenters. The quantitative estimate of drug-likeness (QED) is 0.471. The minimum Gasteiger partial charge on any atom is -0.356 e. The summed E-state index contributed by atoms with van der Waals surface area (Å²) in [7, 11) is 0. The predicted molar refractivity (Wildman–Crippen MR) is 99.1 cm³/mol. The van der Waals surface area contributed by atoms with Gasteiger partial charge in [0.25, 0.3) is 0 Å². The number of anilines is 2. The molecule has 1 heteroatoms. The Morgan fingerprint density at radius 1 is 0.522 bits per heavy atom. The molecule has 23 heavy (non-hydrogen) atoms. The summed E-state index contributed by atoms with van der Waals surface area (Å²) in [4.78, 5) is 0. The van der Waals surface area contributed by atoms with Crippen LogP contribution in [0.25, 0.3) is 21.9 Å². The van der Waals surface area contributed by atoms with Gasteiger partial charge in [-0.15, -0.1) is 0 Å². The molecule has 110 valence electrons. The molecule has 0 aliphatic carbocycles. The Balaban J connectivity index is 2.13. The normalized spacial score (nSPS) is 20.3. The summed E-state index contributed by atoms with van der Waals surface area (Å²) >= 11 is 0. The molecule has 0 heterocycles. The molecule has 0 bridgehead atoms. The molecule has 0 aliphatic rings. The molecular formula is C22H17N. The molecule has 0 amide bonds. The molecule has 1 nitrogen and oxygen atoms in total. The zero-order valence-corrected chi connectivity index (χ0v) is 11.5. The predicted octanol–water partition coefficient (Wildman–Crippen LogP) is 6.25. The summed E-state index contributed by atoms with van der Waals surface area (Å²) in [5.41, 5.74) is -2.23. The largest absolute Gasteiger partial charge is 0.356 e. The first kappa shape index (κ1) is 4.72. The third-order valence-electron chi connectivity index (χ3n) is 2.88. The number of benzene rings is 4. The van der Waals surface area contributed by atoms with Crippen LogP contribution >= 0.6 is 0 Å². The van der Waals surface area contributed by atoms with Crippen LogP contribution in [0.15, 0.2) is 96.7 Å². The van der Waals surface area contributed by atoms with Crippen molar-refractivity contribution < 1.29 is 21.9 Å².